The molecule has 0 bridgehead atoms. The molecule has 6 nitrogen and oxygen atoms in total. The maximum absolute atomic E-state index is 12.0. The van der Waals surface area contributed by atoms with Gasteiger partial charge in [0, 0.05) is 11.5 Å². The first-order valence-corrected chi connectivity index (χ1v) is 6.58. The smallest absolute Gasteiger partial charge is 0.307 e. The molecule has 98 valence electrons. The summed E-state index contributed by atoms with van der Waals surface area (Å²) in [4.78, 5) is 27.2. The molecular weight excluding hydrogens is 254 g/mol. The minimum Gasteiger partial charge on any atom is -0.481 e. The first-order valence-electron chi connectivity index (χ1n) is 5.81. The van der Waals surface area contributed by atoms with Crippen molar-refractivity contribution in [3.63, 3.8) is 0 Å². The first-order chi connectivity index (χ1) is 8.47. The Bertz CT molecular complexity index is 474. The third kappa shape index (κ3) is 2.66. The standard InChI is InChI=1S/C11H15N3O3S/c1-5-3-7(8(4-5)10(16)17)9(15)13-11-12-6(2)14-18-11/h5,7-8H,3-4H2,1-2H3,(H,16,17)(H,12,13,14,15)/t5?,7-,8+/m0/s1. The number of hydrogen-bond donors (Lipinski definition) is 2. The first kappa shape index (κ1) is 12.9. The van der Waals surface area contributed by atoms with E-state index in [1.807, 2.05) is 6.92 Å². The van der Waals surface area contributed by atoms with Crippen LogP contribution in [-0.4, -0.2) is 26.3 Å². The third-order valence-corrected chi connectivity index (χ3v) is 3.93. The highest BCUT2D eigenvalue weighted by Crippen LogP contribution is 2.37. The Balaban J connectivity index is 2.06. The normalized spacial score (nSPS) is 27.1. The number of aliphatic carboxylic acids is 1. The van der Waals surface area contributed by atoms with Gasteiger partial charge in [-0.25, -0.2) is 4.98 Å². The molecule has 1 unspecified atom stereocenters. The number of nitrogens with one attached hydrogen (secondary N) is 1. The zero-order valence-electron chi connectivity index (χ0n) is 10.2. The van der Waals surface area contributed by atoms with E-state index < -0.39 is 17.8 Å². The van der Waals surface area contributed by atoms with Gasteiger partial charge in [-0.05, 0) is 25.7 Å². The molecule has 0 aliphatic heterocycles. The molecule has 0 radical (unpaired) electrons. The third-order valence-electron chi connectivity index (χ3n) is 3.21. The van der Waals surface area contributed by atoms with Gasteiger partial charge in [0.15, 0.2) is 0 Å². The quantitative estimate of drug-likeness (QED) is 0.868. The number of hydrogen-bond acceptors (Lipinski definition) is 5. The van der Waals surface area contributed by atoms with E-state index in [0.717, 1.165) is 11.5 Å². The Morgan fingerprint density at radius 1 is 1.39 bits per heavy atom. The lowest BCUT2D eigenvalue weighted by Crippen LogP contribution is -2.29. The van der Waals surface area contributed by atoms with Crippen LogP contribution in [0.2, 0.25) is 0 Å². The highest BCUT2D eigenvalue weighted by molar-refractivity contribution is 7.09. The van der Waals surface area contributed by atoms with Gasteiger partial charge in [-0.15, -0.1) is 0 Å². The second kappa shape index (κ2) is 5.01. The fourth-order valence-electron chi connectivity index (χ4n) is 2.40. The molecule has 1 aliphatic carbocycles. The van der Waals surface area contributed by atoms with E-state index in [4.69, 9.17) is 5.11 Å². The number of rotatable bonds is 3. The molecule has 2 N–H and O–H groups in total. The number of aryl methyl sites for hydroxylation is 1. The molecule has 0 saturated heterocycles. The monoisotopic (exact) mass is 269 g/mol. The number of carbonyl (C=O) groups is 2. The predicted molar refractivity (Wildman–Crippen MR) is 66.3 cm³/mol. The van der Waals surface area contributed by atoms with E-state index in [1.165, 1.54) is 0 Å². The number of amides is 1. The molecule has 1 aromatic heterocycles. The van der Waals surface area contributed by atoms with E-state index in [9.17, 15) is 9.59 Å². The van der Waals surface area contributed by atoms with Crippen molar-refractivity contribution >= 4 is 28.5 Å². The van der Waals surface area contributed by atoms with Crippen LogP contribution in [0.15, 0.2) is 0 Å². The Labute approximate surface area is 109 Å². The maximum Gasteiger partial charge on any atom is 0.307 e. The van der Waals surface area contributed by atoms with Crippen LogP contribution in [0, 0.1) is 24.7 Å². The molecule has 1 amide bonds. The number of anilines is 1. The number of carboxylic acids is 1. The Morgan fingerprint density at radius 3 is 2.61 bits per heavy atom. The van der Waals surface area contributed by atoms with Crippen LogP contribution in [-0.2, 0) is 9.59 Å². The highest BCUT2D eigenvalue weighted by atomic mass is 32.1. The van der Waals surface area contributed by atoms with E-state index >= 15 is 0 Å². The molecule has 0 spiro atoms. The minimum atomic E-state index is -0.895. The largest absolute Gasteiger partial charge is 0.481 e. The summed E-state index contributed by atoms with van der Waals surface area (Å²) in [6.07, 6.45) is 1.17. The number of aromatic nitrogens is 2. The lowest BCUT2D eigenvalue weighted by molar-refractivity contribution is -0.145. The average Bonchev–Trinajstić information content (AvgIpc) is 2.85. The molecule has 7 heteroatoms. The summed E-state index contributed by atoms with van der Waals surface area (Å²) in [5, 5.41) is 12.2. The Kier molecular flexibility index (Phi) is 3.60. The van der Waals surface area contributed by atoms with Crippen molar-refractivity contribution < 1.29 is 14.7 Å². The van der Waals surface area contributed by atoms with Crippen LogP contribution in [0.3, 0.4) is 0 Å². The van der Waals surface area contributed by atoms with Gasteiger partial charge in [-0.1, -0.05) is 6.92 Å². The van der Waals surface area contributed by atoms with Crippen LogP contribution in [0.25, 0.3) is 0 Å². The van der Waals surface area contributed by atoms with Crippen LogP contribution in [0.1, 0.15) is 25.6 Å². The van der Waals surface area contributed by atoms with Gasteiger partial charge in [0.1, 0.15) is 5.82 Å². The number of carbonyl (C=O) groups excluding carboxylic acids is 1. The lowest BCUT2D eigenvalue weighted by Gasteiger charge is -2.13. The van der Waals surface area contributed by atoms with E-state index in [2.05, 4.69) is 14.7 Å². The zero-order valence-corrected chi connectivity index (χ0v) is 11.0. The summed E-state index contributed by atoms with van der Waals surface area (Å²) >= 11 is 1.11. The second-order valence-electron chi connectivity index (χ2n) is 4.76. The van der Waals surface area contributed by atoms with Crippen molar-refractivity contribution in [2.75, 3.05) is 5.32 Å². The van der Waals surface area contributed by atoms with Gasteiger partial charge in [0.25, 0.3) is 0 Å². The van der Waals surface area contributed by atoms with E-state index in [0.29, 0.717) is 23.8 Å². The van der Waals surface area contributed by atoms with Crippen molar-refractivity contribution in [1.82, 2.24) is 9.36 Å². The predicted octanol–water partition coefficient (Wildman–Crippen LogP) is 1.53. The van der Waals surface area contributed by atoms with Crippen molar-refractivity contribution in [2.24, 2.45) is 17.8 Å². The Hall–Kier alpha value is -1.50. The van der Waals surface area contributed by atoms with Crippen molar-refractivity contribution in [1.29, 1.82) is 0 Å². The topological polar surface area (TPSA) is 92.2 Å². The zero-order chi connectivity index (χ0) is 13.3. The molecule has 1 heterocycles. The molecular formula is C11H15N3O3S. The molecule has 1 saturated carbocycles. The molecule has 18 heavy (non-hydrogen) atoms. The SMILES string of the molecule is Cc1nsc(NC(=O)[C@H]2CC(C)C[C@H]2C(=O)O)n1. The fourth-order valence-corrected chi connectivity index (χ4v) is 2.98. The number of nitrogens with zero attached hydrogens (tertiary/aromatic N) is 2. The van der Waals surface area contributed by atoms with Gasteiger partial charge < -0.3 is 10.4 Å². The van der Waals surface area contributed by atoms with Crippen LogP contribution < -0.4 is 5.32 Å². The van der Waals surface area contributed by atoms with Crippen LogP contribution in [0.4, 0.5) is 5.13 Å². The van der Waals surface area contributed by atoms with Crippen molar-refractivity contribution in [3.05, 3.63) is 5.82 Å². The molecule has 1 fully saturated rings. The average molecular weight is 269 g/mol. The van der Waals surface area contributed by atoms with E-state index in [1.54, 1.807) is 6.92 Å². The summed E-state index contributed by atoms with van der Waals surface area (Å²) in [6, 6.07) is 0. The molecule has 2 rings (SSSR count). The highest BCUT2D eigenvalue weighted by Gasteiger charge is 2.41. The fraction of sp³-hybridized carbons (Fsp3) is 0.636. The Morgan fingerprint density at radius 2 is 2.06 bits per heavy atom. The van der Waals surface area contributed by atoms with Crippen molar-refractivity contribution in [3.8, 4) is 0 Å². The van der Waals surface area contributed by atoms with Crippen LogP contribution >= 0.6 is 11.5 Å². The molecule has 3 atom stereocenters. The van der Waals surface area contributed by atoms with Gasteiger partial charge in [0.2, 0.25) is 11.0 Å². The summed E-state index contributed by atoms with van der Waals surface area (Å²) in [5.74, 6) is -1.35. The van der Waals surface area contributed by atoms with Gasteiger partial charge in [0.05, 0.1) is 11.8 Å². The van der Waals surface area contributed by atoms with E-state index in [-0.39, 0.29) is 11.8 Å². The lowest BCUT2D eigenvalue weighted by atomic mass is 9.95. The van der Waals surface area contributed by atoms with Gasteiger partial charge in [-0.2, -0.15) is 4.37 Å². The number of carboxylic acid groups (broad SMARTS) is 1. The summed E-state index contributed by atoms with van der Waals surface area (Å²) in [5.41, 5.74) is 0. The van der Waals surface area contributed by atoms with Gasteiger partial charge >= 0.3 is 5.97 Å². The second-order valence-corrected chi connectivity index (χ2v) is 5.52. The van der Waals surface area contributed by atoms with Crippen molar-refractivity contribution in [2.45, 2.75) is 26.7 Å². The molecule has 1 aromatic rings. The van der Waals surface area contributed by atoms with Crippen LogP contribution in [0.5, 0.6) is 0 Å². The van der Waals surface area contributed by atoms with Gasteiger partial charge in [-0.3, -0.25) is 9.59 Å². The summed E-state index contributed by atoms with van der Waals surface area (Å²) in [6.45, 7) is 3.71. The summed E-state index contributed by atoms with van der Waals surface area (Å²) in [7, 11) is 0. The summed E-state index contributed by atoms with van der Waals surface area (Å²) < 4.78 is 3.96. The minimum absolute atomic E-state index is 0.261. The molecule has 0 aromatic carbocycles. The maximum atomic E-state index is 12.0. The molecule has 1 aliphatic rings.